The molecule has 8 nitrogen and oxygen atoms in total. The number of amidine groups is 1. The van der Waals surface area contributed by atoms with Crippen molar-refractivity contribution in [2.24, 2.45) is 4.99 Å². The van der Waals surface area contributed by atoms with Crippen LogP contribution in [0.5, 0.6) is 5.75 Å². The minimum Gasteiger partial charge on any atom is -0.489 e. The lowest BCUT2D eigenvalue weighted by Crippen LogP contribution is -2.43. The first-order chi connectivity index (χ1) is 16.8. The number of carbonyl (C=O) groups is 1. The molecule has 1 heterocycles. The summed E-state index contributed by atoms with van der Waals surface area (Å²) in [6, 6.07) is 13.9. The lowest BCUT2D eigenvalue weighted by atomic mass is 10.1. The van der Waals surface area contributed by atoms with Gasteiger partial charge in [-0.3, -0.25) is 9.79 Å². The molecule has 0 spiro atoms. The Morgan fingerprint density at radius 1 is 1.11 bits per heavy atom. The molecule has 9 heteroatoms. The molecule has 3 N–H and O–H groups in total. The van der Waals surface area contributed by atoms with Gasteiger partial charge in [-0.15, -0.1) is 0 Å². The van der Waals surface area contributed by atoms with Crippen molar-refractivity contribution < 1.29 is 23.1 Å². The van der Waals surface area contributed by atoms with Crippen LogP contribution in [0.15, 0.2) is 53.5 Å². The van der Waals surface area contributed by atoms with Crippen molar-refractivity contribution in [1.82, 2.24) is 4.72 Å². The molecule has 2 aromatic carbocycles. The van der Waals surface area contributed by atoms with Crippen molar-refractivity contribution in [3.8, 4) is 5.75 Å². The minimum absolute atomic E-state index is 0.0541. The summed E-state index contributed by atoms with van der Waals surface area (Å²) in [6.07, 6.45) is 5.74. The average Bonchev–Trinajstić information content (AvgIpc) is 3.11. The topological polar surface area (TPSA) is 117 Å². The number of rotatable bonds is 12. The van der Waals surface area contributed by atoms with E-state index in [1.807, 2.05) is 31.2 Å². The summed E-state index contributed by atoms with van der Waals surface area (Å²) in [7, 11) is -3.64. The maximum Gasteiger partial charge on any atom is 0.322 e. The minimum atomic E-state index is -3.64. The molecule has 0 bridgehead atoms. The molecule has 0 aromatic heterocycles. The van der Waals surface area contributed by atoms with E-state index in [0.29, 0.717) is 24.3 Å². The van der Waals surface area contributed by atoms with Crippen molar-refractivity contribution in [3.63, 3.8) is 0 Å². The van der Waals surface area contributed by atoms with E-state index in [-0.39, 0.29) is 12.2 Å². The zero-order valence-corrected chi connectivity index (χ0v) is 21.0. The number of carboxylic acids is 1. The van der Waals surface area contributed by atoms with Crippen molar-refractivity contribution in [2.75, 3.05) is 17.6 Å². The van der Waals surface area contributed by atoms with E-state index in [2.05, 4.69) is 15.0 Å². The second kappa shape index (κ2) is 13.3. The maximum atomic E-state index is 12.1. The number of nitrogens with one attached hydrogen (secondary N) is 2. The molecular weight excluding hydrogens is 466 g/mol. The molecule has 1 atom stereocenters. The van der Waals surface area contributed by atoms with E-state index in [1.54, 1.807) is 24.3 Å². The molecule has 0 saturated carbocycles. The summed E-state index contributed by atoms with van der Waals surface area (Å²) >= 11 is 0. The summed E-state index contributed by atoms with van der Waals surface area (Å²) < 4.78 is 32.4. The van der Waals surface area contributed by atoms with E-state index >= 15 is 0 Å². The van der Waals surface area contributed by atoms with Crippen LogP contribution in [0, 0.1) is 0 Å². The Morgan fingerprint density at radius 3 is 2.66 bits per heavy atom. The fourth-order valence-corrected chi connectivity index (χ4v) is 5.20. The van der Waals surface area contributed by atoms with E-state index in [1.165, 1.54) is 6.42 Å². The Balaban J connectivity index is 1.54. The van der Waals surface area contributed by atoms with Crippen molar-refractivity contribution in [3.05, 3.63) is 59.7 Å². The normalized spacial score (nSPS) is 15.1. The quantitative estimate of drug-likeness (QED) is 0.398. The van der Waals surface area contributed by atoms with Crippen LogP contribution in [-0.2, 0) is 27.8 Å². The average molecular weight is 502 g/mol. The van der Waals surface area contributed by atoms with Crippen molar-refractivity contribution in [1.29, 1.82) is 0 Å². The number of unbranched alkanes of at least 4 members (excludes halogenated alkanes) is 1. The highest BCUT2D eigenvalue weighted by molar-refractivity contribution is 7.89. The monoisotopic (exact) mass is 501 g/mol. The number of anilines is 1. The lowest BCUT2D eigenvalue weighted by molar-refractivity contribution is -0.138. The summed E-state index contributed by atoms with van der Waals surface area (Å²) in [5.74, 6) is 0.401. The number of aliphatic carboxylic acids is 1. The number of hydrogen-bond donors (Lipinski definition) is 3. The number of aliphatic imine (C=N–C) groups is 1. The van der Waals surface area contributed by atoms with Gasteiger partial charge < -0.3 is 15.2 Å². The predicted molar refractivity (Wildman–Crippen MR) is 139 cm³/mol. The molecular formula is C26H35N3O5S. The van der Waals surface area contributed by atoms with Crippen LogP contribution in [0.25, 0.3) is 0 Å². The highest BCUT2D eigenvalue weighted by Crippen LogP contribution is 2.18. The predicted octanol–water partition coefficient (Wildman–Crippen LogP) is 4.37. The molecule has 190 valence electrons. The first-order valence-corrected chi connectivity index (χ1v) is 13.8. The number of sulfonamides is 1. The number of hydrogen-bond acceptors (Lipinski definition) is 6. The smallest absolute Gasteiger partial charge is 0.322 e. The molecule has 0 amide bonds. The van der Waals surface area contributed by atoms with Crippen LogP contribution < -0.4 is 14.8 Å². The number of nitrogens with zero attached hydrogens (tertiary/aromatic N) is 1. The van der Waals surface area contributed by atoms with Gasteiger partial charge in [0.1, 0.15) is 24.2 Å². The third kappa shape index (κ3) is 9.33. The number of ether oxygens (including phenoxy) is 1. The van der Waals surface area contributed by atoms with Gasteiger partial charge in [-0.05, 0) is 61.1 Å². The van der Waals surface area contributed by atoms with Crippen molar-refractivity contribution in [2.45, 2.75) is 64.5 Å². The largest absolute Gasteiger partial charge is 0.489 e. The third-order valence-electron chi connectivity index (χ3n) is 5.75. The van der Waals surface area contributed by atoms with Gasteiger partial charge in [0, 0.05) is 18.7 Å². The van der Waals surface area contributed by atoms with Crippen molar-refractivity contribution >= 4 is 27.5 Å². The first-order valence-electron chi connectivity index (χ1n) is 12.2. The number of benzene rings is 2. The molecule has 1 aliphatic rings. The van der Waals surface area contributed by atoms with Crippen LogP contribution in [0.1, 0.15) is 56.6 Å². The van der Waals surface area contributed by atoms with E-state index in [4.69, 9.17) is 4.74 Å². The summed E-state index contributed by atoms with van der Waals surface area (Å²) in [6.45, 7) is 3.14. The fraction of sp³-hybridized carbons (Fsp3) is 0.462. The van der Waals surface area contributed by atoms with Crippen LogP contribution in [0.3, 0.4) is 0 Å². The van der Waals surface area contributed by atoms with Crippen LogP contribution in [0.2, 0.25) is 0 Å². The molecule has 3 rings (SSSR count). The van der Waals surface area contributed by atoms with E-state index in [9.17, 15) is 18.3 Å². The second-order valence-corrected chi connectivity index (χ2v) is 10.7. The standard InChI is InChI=1S/C26H35N3O5S/c1-2-3-16-35(32,33)29-24(26(30)31)18-20-11-13-23(14-12-20)34-19-21-8-7-9-22(17-21)28-25-10-5-4-6-15-27-25/h7-9,11-14,17,24,29H,2-6,10,15-16,18-19H2,1H3,(H,27,28)(H,30,31). The fourth-order valence-electron chi connectivity index (χ4n) is 3.80. The van der Waals surface area contributed by atoms with Gasteiger partial charge in [0.2, 0.25) is 10.0 Å². The molecule has 0 saturated heterocycles. The summed E-state index contributed by atoms with van der Waals surface area (Å²) in [4.78, 5) is 16.2. The Kier molecular flexibility index (Phi) is 10.1. The molecule has 0 aliphatic carbocycles. The zero-order chi connectivity index (χ0) is 25.1. The maximum absolute atomic E-state index is 12.1. The molecule has 1 unspecified atom stereocenters. The van der Waals surface area contributed by atoms with Crippen LogP contribution >= 0.6 is 0 Å². The highest BCUT2D eigenvalue weighted by Gasteiger charge is 2.24. The van der Waals surface area contributed by atoms with Gasteiger partial charge in [-0.2, -0.15) is 0 Å². The Hall–Kier alpha value is -2.91. The lowest BCUT2D eigenvalue weighted by Gasteiger charge is -2.15. The molecule has 2 aromatic rings. The van der Waals surface area contributed by atoms with Gasteiger partial charge in [0.25, 0.3) is 0 Å². The van der Waals surface area contributed by atoms with Gasteiger partial charge in [0.05, 0.1) is 5.75 Å². The Bertz CT molecular complexity index is 1100. The SMILES string of the molecule is CCCCS(=O)(=O)NC(Cc1ccc(OCc2cccc(NC3=NCCCCC3)c2)cc1)C(=O)O. The summed E-state index contributed by atoms with van der Waals surface area (Å²) in [5.41, 5.74) is 2.71. The van der Waals surface area contributed by atoms with Gasteiger partial charge in [-0.25, -0.2) is 13.1 Å². The number of carboxylic acid groups (broad SMARTS) is 1. The van der Waals surface area contributed by atoms with Gasteiger partial charge in [-0.1, -0.05) is 44.0 Å². The molecule has 1 aliphatic heterocycles. The van der Waals surface area contributed by atoms with Crippen LogP contribution in [-0.4, -0.2) is 43.7 Å². The zero-order valence-electron chi connectivity index (χ0n) is 20.2. The van der Waals surface area contributed by atoms with Gasteiger partial charge >= 0.3 is 5.97 Å². The van der Waals surface area contributed by atoms with Crippen LogP contribution in [0.4, 0.5) is 5.69 Å². The highest BCUT2D eigenvalue weighted by atomic mass is 32.2. The molecule has 35 heavy (non-hydrogen) atoms. The molecule has 0 fully saturated rings. The second-order valence-electron chi connectivity index (χ2n) is 8.78. The van der Waals surface area contributed by atoms with Gasteiger partial charge in [0.15, 0.2) is 0 Å². The first kappa shape index (κ1) is 26.7. The molecule has 0 radical (unpaired) electrons. The Labute approximate surface area is 207 Å². The van der Waals surface area contributed by atoms with E-state index in [0.717, 1.165) is 49.3 Å². The van der Waals surface area contributed by atoms with E-state index < -0.39 is 22.0 Å². The summed E-state index contributed by atoms with van der Waals surface area (Å²) in [5, 5.41) is 12.9. The Morgan fingerprint density at radius 2 is 1.91 bits per heavy atom. The third-order valence-corrected chi connectivity index (χ3v) is 7.21.